The van der Waals surface area contributed by atoms with E-state index < -0.39 is 0 Å². The van der Waals surface area contributed by atoms with Crippen molar-refractivity contribution in [3.63, 3.8) is 0 Å². The van der Waals surface area contributed by atoms with E-state index in [9.17, 15) is 0 Å². The molecule has 48 valence electrons. The molecule has 0 aromatic carbocycles. The highest BCUT2D eigenvalue weighted by molar-refractivity contribution is 7.85. The third-order valence-electron chi connectivity index (χ3n) is 0.635. The van der Waals surface area contributed by atoms with E-state index in [0.717, 1.165) is 5.82 Å². The number of imidazole rings is 1. The van der Waals surface area contributed by atoms with Gasteiger partial charge in [-0.3, -0.25) is 0 Å². The van der Waals surface area contributed by atoms with Crippen molar-refractivity contribution in [2.75, 3.05) is 0 Å². The number of H-pyrrole nitrogens is 1. The Balaban J connectivity index is 0.000000187. The molecule has 4 heteroatoms. The molecule has 0 fully saturated rings. The molecule has 0 unspecified atom stereocenters. The van der Waals surface area contributed by atoms with Crippen molar-refractivity contribution in [1.29, 1.82) is 5.26 Å². The summed E-state index contributed by atoms with van der Waals surface area (Å²) in [7, 11) is 0. The van der Waals surface area contributed by atoms with Gasteiger partial charge in [-0.1, -0.05) is 12.6 Å². The highest BCUT2D eigenvalue weighted by atomic mass is 32.1. The highest BCUT2D eigenvalue weighted by Gasteiger charge is 1.73. The quantitative estimate of drug-likeness (QED) is 0.420. The van der Waals surface area contributed by atoms with Gasteiger partial charge in [0.05, 0.1) is 0 Å². The van der Waals surface area contributed by atoms with E-state index in [2.05, 4.69) is 22.6 Å². The monoisotopic (exact) mass is 141 g/mol. The Labute approximate surface area is 59.1 Å². The van der Waals surface area contributed by atoms with E-state index in [1.807, 2.05) is 6.92 Å². The number of nitriles is 1. The van der Waals surface area contributed by atoms with Crippen LogP contribution in [0.15, 0.2) is 12.4 Å². The van der Waals surface area contributed by atoms with Crippen molar-refractivity contribution >= 4 is 12.6 Å². The van der Waals surface area contributed by atoms with Gasteiger partial charge in [0.15, 0.2) is 0 Å². The second-order valence-electron chi connectivity index (χ2n) is 1.27. The number of hydrogen-bond acceptors (Lipinski definition) is 3. The fourth-order valence-corrected chi connectivity index (χ4v) is 0.344. The van der Waals surface area contributed by atoms with Crippen LogP contribution >= 0.6 is 12.6 Å². The maximum absolute atomic E-state index is 7.18. The van der Waals surface area contributed by atoms with Gasteiger partial charge in [-0.15, -0.1) is 0 Å². The van der Waals surface area contributed by atoms with E-state index in [4.69, 9.17) is 5.26 Å². The van der Waals surface area contributed by atoms with Gasteiger partial charge >= 0.3 is 0 Å². The Morgan fingerprint density at radius 1 is 1.89 bits per heavy atom. The number of thiol groups is 1. The molecule has 0 aliphatic rings. The van der Waals surface area contributed by atoms with E-state index in [0.29, 0.717) is 0 Å². The number of aryl methyl sites for hydroxylation is 1. The number of rotatable bonds is 0. The van der Waals surface area contributed by atoms with Crippen LogP contribution in [0.2, 0.25) is 0 Å². The van der Waals surface area contributed by atoms with Gasteiger partial charge in [-0.05, 0) is 6.92 Å². The fourth-order valence-electron chi connectivity index (χ4n) is 0.344. The Morgan fingerprint density at radius 2 is 2.44 bits per heavy atom. The van der Waals surface area contributed by atoms with E-state index in [1.165, 1.54) is 5.40 Å². The van der Waals surface area contributed by atoms with Gasteiger partial charge in [-0.25, -0.2) is 4.98 Å². The topological polar surface area (TPSA) is 52.5 Å². The van der Waals surface area contributed by atoms with E-state index in [-0.39, 0.29) is 0 Å². The smallest absolute Gasteiger partial charge is 0.130 e. The minimum absolute atomic E-state index is 0.968. The van der Waals surface area contributed by atoms with Gasteiger partial charge in [0, 0.05) is 12.4 Å². The van der Waals surface area contributed by atoms with E-state index in [1.54, 1.807) is 12.4 Å². The molecule has 9 heavy (non-hydrogen) atoms. The van der Waals surface area contributed by atoms with Gasteiger partial charge in [0.2, 0.25) is 0 Å². The standard InChI is InChI=1S/C4H6N2.CHNS/c1-4-5-2-3-6-4;2-1-3/h2-3H,1H3,(H,5,6);3H. The zero-order valence-corrected chi connectivity index (χ0v) is 5.89. The molecule has 1 aromatic heterocycles. The van der Waals surface area contributed by atoms with Crippen LogP contribution in [0.4, 0.5) is 0 Å². The molecule has 3 nitrogen and oxygen atoms in total. The number of nitrogens with one attached hydrogen (secondary N) is 1. The molecule has 0 spiro atoms. The largest absolute Gasteiger partial charge is 0.349 e. The van der Waals surface area contributed by atoms with Gasteiger partial charge in [0.1, 0.15) is 11.2 Å². The van der Waals surface area contributed by atoms with Crippen molar-refractivity contribution in [3.8, 4) is 5.40 Å². The summed E-state index contributed by atoms with van der Waals surface area (Å²) in [6, 6.07) is 0. The molecule has 1 aromatic rings. The summed E-state index contributed by atoms with van der Waals surface area (Å²) in [5.74, 6) is 0.968. The first-order valence-electron chi connectivity index (χ1n) is 2.30. The summed E-state index contributed by atoms with van der Waals surface area (Å²) in [5, 5.41) is 8.63. The molecular formula is C5H7N3S. The molecule has 0 aliphatic heterocycles. The fraction of sp³-hybridized carbons (Fsp3) is 0.200. The van der Waals surface area contributed by atoms with Crippen LogP contribution in [0.25, 0.3) is 0 Å². The number of thiocyanates is 1. The predicted molar refractivity (Wildman–Crippen MR) is 37.9 cm³/mol. The molecule has 0 atom stereocenters. The lowest BCUT2D eigenvalue weighted by atomic mass is 10.8. The van der Waals surface area contributed by atoms with Gasteiger partial charge in [0.25, 0.3) is 0 Å². The third kappa shape index (κ3) is 4.91. The molecule has 0 radical (unpaired) electrons. The first kappa shape index (κ1) is 8.05. The summed E-state index contributed by atoms with van der Waals surface area (Å²) in [5.41, 5.74) is 0. The van der Waals surface area contributed by atoms with Crippen LogP contribution in [0, 0.1) is 17.6 Å². The van der Waals surface area contributed by atoms with Crippen molar-refractivity contribution in [2.45, 2.75) is 6.92 Å². The average molecular weight is 141 g/mol. The first-order valence-corrected chi connectivity index (χ1v) is 2.75. The lowest BCUT2D eigenvalue weighted by Gasteiger charge is -1.68. The minimum Gasteiger partial charge on any atom is -0.349 e. The molecular weight excluding hydrogens is 134 g/mol. The third-order valence-corrected chi connectivity index (χ3v) is 0.635. The zero-order valence-electron chi connectivity index (χ0n) is 5.00. The maximum Gasteiger partial charge on any atom is 0.130 e. The summed E-state index contributed by atoms with van der Waals surface area (Å²) < 4.78 is 0. The Kier molecular flexibility index (Phi) is 4.64. The molecule has 0 aliphatic carbocycles. The average Bonchev–Trinajstić information content (AvgIpc) is 2.20. The highest BCUT2D eigenvalue weighted by Crippen LogP contribution is 1.78. The lowest BCUT2D eigenvalue weighted by molar-refractivity contribution is 1.15. The molecule has 1 N–H and O–H groups in total. The van der Waals surface area contributed by atoms with Crippen molar-refractivity contribution < 1.29 is 0 Å². The molecule has 0 saturated carbocycles. The Morgan fingerprint density at radius 3 is 2.56 bits per heavy atom. The molecule has 0 amide bonds. The van der Waals surface area contributed by atoms with Gasteiger partial charge < -0.3 is 4.98 Å². The Bertz CT molecular complexity index is 175. The minimum atomic E-state index is 0.968. The van der Waals surface area contributed by atoms with Crippen LogP contribution in [0.3, 0.4) is 0 Å². The normalized spacial score (nSPS) is 6.78. The van der Waals surface area contributed by atoms with Crippen molar-refractivity contribution in [3.05, 3.63) is 18.2 Å². The summed E-state index contributed by atoms with van der Waals surface area (Å²) in [6.45, 7) is 1.92. The number of nitrogens with zero attached hydrogens (tertiary/aromatic N) is 2. The predicted octanol–water partition coefficient (Wildman–Crippen LogP) is 1.12. The summed E-state index contributed by atoms with van der Waals surface area (Å²) in [6.07, 6.45) is 3.53. The SMILES string of the molecule is Cc1ncc[nH]1.N#CS. The first-order chi connectivity index (χ1) is 4.31. The lowest BCUT2D eigenvalue weighted by Crippen LogP contribution is -1.66. The number of hydrogen-bond donors (Lipinski definition) is 2. The molecule has 1 rings (SSSR count). The van der Waals surface area contributed by atoms with Gasteiger partial charge in [-0.2, -0.15) is 5.26 Å². The Hall–Kier alpha value is -0.950. The number of aromatic nitrogens is 2. The van der Waals surface area contributed by atoms with Crippen LogP contribution < -0.4 is 0 Å². The molecule has 1 heterocycles. The summed E-state index contributed by atoms with van der Waals surface area (Å²) in [4.78, 5) is 6.75. The van der Waals surface area contributed by atoms with Crippen LogP contribution in [0.1, 0.15) is 5.82 Å². The second-order valence-corrected chi connectivity index (χ2v) is 1.47. The van der Waals surface area contributed by atoms with E-state index >= 15 is 0 Å². The second kappa shape index (κ2) is 5.19. The molecule has 0 saturated heterocycles. The van der Waals surface area contributed by atoms with Crippen LogP contribution in [-0.4, -0.2) is 9.97 Å². The van der Waals surface area contributed by atoms with Crippen molar-refractivity contribution in [2.24, 2.45) is 0 Å². The zero-order chi connectivity index (χ0) is 7.11. The molecule has 0 bridgehead atoms. The van der Waals surface area contributed by atoms with Crippen molar-refractivity contribution in [1.82, 2.24) is 9.97 Å². The van der Waals surface area contributed by atoms with Crippen LogP contribution in [-0.2, 0) is 0 Å². The number of aromatic amines is 1. The van der Waals surface area contributed by atoms with Crippen LogP contribution in [0.5, 0.6) is 0 Å². The maximum atomic E-state index is 7.18. The summed E-state index contributed by atoms with van der Waals surface area (Å²) >= 11 is 3.09.